The van der Waals surface area contributed by atoms with E-state index in [0.29, 0.717) is 77.0 Å². The Morgan fingerprint density at radius 2 is 0.835 bits per heavy atom. The molecule has 115 heavy (non-hydrogen) atoms. The van der Waals surface area contributed by atoms with Crippen LogP contribution in [0.5, 0.6) is 0 Å². The molecule has 3 aliphatic rings. The SMILES string of the molecule is C.C.C.COC[C@H]1O[C@@H](Nc2nc[nH]c(=O)c2C(=N)C#CCCN)CC1OC.COC[C@H]1O[C@@H](Nc2nc[nH]c(=O)c2C(=N)C#CCCNC(=O)Cc2cc3cccc4ccc5cccc2c5c43)CC1OC.COC[C@H]1O[C@@H](Nc2nc[nH]c(=O)c2C(=N)C#CCCNC(=O)c2cc3cccc4ccc5cccc2c5c43)CC1OC. The van der Waals surface area contributed by atoms with Gasteiger partial charge < -0.3 is 89.9 Å². The van der Waals surface area contributed by atoms with Crippen molar-refractivity contribution in [3.63, 3.8) is 0 Å². The Kier molecular flexibility index (Phi) is 31.2. The zero-order valence-electron chi connectivity index (χ0n) is 62.6. The van der Waals surface area contributed by atoms with Gasteiger partial charge in [0.2, 0.25) is 5.91 Å². The Morgan fingerprint density at radius 1 is 0.478 bits per heavy atom. The molecule has 0 saturated carbocycles. The van der Waals surface area contributed by atoms with Crippen LogP contribution in [-0.2, 0) is 53.8 Å². The molecule has 9 atom stereocenters. The first-order chi connectivity index (χ1) is 54.5. The van der Waals surface area contributed by atoms with Crippen LogP contribution < -0.4 is 49.0 Å². The number of benzene rings is 8. The highest BCUT2D eigenvalue weighted by Crippen LogP contribution is 2.39. The van der Waals surface area contributed by atoms with Gasteiger partial charge in [0.05, 0.1) is 63.5 Å². The molecule has 29 nitrogen and oxygen atoms in total. The number of nitrogens with one attached hydrogen (secondary N) is 11. The minimum Gasteiger partial charge on any atom is -0.382 e. The molecule has 0 bridgehead atoms. The smallest absolute Gasteiger partial charge is 0.262 e. The van der Waals surface area contributed by atoms with Crippen LogP contribution in [0.15, 0.2) is 143 Å². The van der Waals surface area contributed by atoms with Crippen molar-refractivity contribution >= 4 is 111 Å². The Labute approximate surface area is 665 Å². The van der Waals surface area contributed by atoms with Crippen LogP contribution in [0.2, 0.25) is 0 Å². The standard InChI is InChI=1S/C34H33N5O5.C33H31N5O5.C16H23N5O4.3CH4/c1-42-18-27-26(43-2)17-29(44-27)39-33-32(34(41)38-19-37-33)25(35)11-3-4-14-36-28(40)16-23-15-22-9-5-7-20-12-13-21-8-6-10-24(23)31(21)30(20)22;1-41-17-26-25(42-2)16-27(43-26)38-31-30(33(40)37-18-36-31)24(34)11-3-4-14-35-32(39)23-15-21-9-5-7-19-12-13-20-8-6-10-22(23)29(20)28(19)21;1-23-8-12-11(24-2)7-13(25-12)21-15-14(16(22)20-9-19-15)10(18)5-3-4-6-17;;;/h5-10,12-13,15,19,26-27,29,35H,4,14,16-18H2,1-2H3,(H,36,40)(H2,37,38,39,41);5-10,12-13,15,18,25-27,34H,4,14,16-17H2,1-2H3,(H,35,39)(H2,36,37,38,40);9,11-13,18H,4,6-8,17H2,1-2H3,(H2,19,20,21,22);3*1H4/t26?,27-,29-;25?,26-,27-;11?,12-,13-;;;/m111.../s1. The van der Waals surface area contributed by atoms with E-state index in [1.807, 2.05) is 42.5 Å². The molecule has 0 spiro atoms. The predicted molar refractivity (Wildman–Crippen MR) is 450 cm³/mol. The Balaban J connectivity index is 0.000000202. The summed E-state index contributed by atoms with van der Waals surface area (Å²) in [4.78, 5) is 83.6. The molecular weight excluding hydrogens is 1470 g/mol. The third-order valence-electron chi connectivity index (χ3n) is 19.4. The van der Waals surface area contributed by atoms with Crippen molar-refractivity contribution in [3.8, 4) is 35.5 Å². The van der Waals surface area contributed by atoms with Gasteiger partial charge in [-0.1, -0.05) is 137 Å². The zero-order valence-corrected chi connectivity index (χ0v) is 62.6. The molecule has 0 radical (unpaired) electrons. The number of H-pyrrole nitrogens is 3. The first-order valence-corrected chi connectivity index (χ1v) is 36.4. The van der Waals surface area contributed by atoms with Crippen LogP contribution in [0, 0.1) is 51.8 Å². The topological polar surface area (TPSA) is 412 Å². The van der Waals surface area contributed by atoms with E-state index in [-0.39, 0.29) is 135 Å². The summed E-state index contributed by atoms with van der Waals surface area (Å²) in [5, 5.41) is 53.5. The van der Waals surface area contributed by atoms with Crippen LogP contribution in [0.3, 0.4) is 0 Å². The van der Waals surface area contributed by atoms with Crippen molar-refractivity contribution < 1.29 is 52.2 Å². The number of rotatable bonds is 26. The molecule has 2 amide bonds. The normalized spacial score (nSPS) is 18.5. The summed E-state index contributed by atoms with van der Waals surface area (Å²) in [6.45, 7) is 2.11. The predicted octanol–water partition coefficient (Wildman–Crippen LogP) is 9.61. The van der Waals surface area contributed by atoms with Gasteiger partial charge in [-0.3, -0.25) is 40.2 Å². The fourth-order valence-corrected chi connectivity index (χ4v) is 14.3. The van der Waals surface area contributed by atoms with E-state index in [1.165, 1.54) is 35.1 Å². The lowest BCUT2D eigenvalue weighted by molar-refractivity contribution is -0.120. The fraction of sp³-hybridized carbons (Fsp3) is 0.360. The number of hydrogen-bond donors (Lipinski definition) is 12. The average molecular weight is 1570 g/mol. The van der Waals surface area contributed by atoms with Gasteiger partial charge in [0.25, 0.3) is 22.6 Å². The molecule has 0 aliphatic carbocycles. The summed E-state index contributed by atoms with van der Waals surface area (Å²) in [6, 6.07) is 37.0. The van der Waals surface area contributed by atoms with Gasteiger partial charge in [-0.05, 0) is 100 Å². The summed E-state index contributed by atoms with van der Waals surface area (Å²) in [7, 11) is 9.60. The quantitative estimate of drug-likeness (QED) is 0.0104. The Hall–Kier alpha value is -11.9. The monoisotopic (exact) mass is 1570 g/mol. The second-order valence-corrected chi connectivity index (χ2v) is 26.6. The number of ether oxygens (including phenoxy) is 9. The third kappa shape index (κ3) is 20.4. The number of nitrogens with zero attached hydrogens (tertiary/aromatic N) is 3. The maximum Gasteiger partial charge on any atom is 0.262 e. The lowest BCUT2D eigenvalue weighted by Crippen LogP contribution is -2.28. The number of methoxy groups -OCH3 is 6. The number of aromatic nitrogens is 6. The number of anilines is 3. The second-order valence-electron chi connectivity index (χ2n) is 26.6. The average Bonchev–Trinajstić information content (AvgIpc) is 1.53. The van der Waals surface area contributed by atoms with Gasteiger partial charge >= 0.3 is 0 Å². The molecule has 6 heterocycles. The summed E-state index contributed by atoms with van der Waals surface area (Å²) in [6.07, 6.45) is 4.06. The molecule has 8 aromatic carbocycles. The van der Waals surface area contributed by atoms with Crippen LogP contribution in [0.1, 0.15) is 93.4 Å². The van der Waals surface area contributed by atoms with E-state index in [4.69, 9.17) is 64.6 Å². The molecule has 29 heteroatoms. The first kappa shape index (κ1) is 87.1. The van der Waals surface area contributed by atoms with E-state index < -0.39 is 35.4 Å². The van der Waals surface area contributed by atoms with E-state index in [0.717, 1.165) is 54.0 Å². The maximum atomic E-state index is 13.3. The molecular formula is C86H99N15O14. The molecule has 11 aromatic rings. The van der Waals surface area contributed by atoms with E-state index in [9.17, 15) is 24.0 Å². The first-order valence-electron chi connectivity index (χ1n) is 36.4. The van der Waals surface area contributed by atoms with Gasteiger partial charge in [0.15, 0.2) is 0 Å². The van der Waals surface area contributed by atoms with Crippen LogP contribution >= 0.6 is 0 Å². The molecule has 3 fully saturated rings. The molecule has 14 rings (SSSR count). The van der Waals surface area contributed by atoms with Gasteiger partial charge in [-0.25, -0.2) is 15.0 Å². The number of carbonyl (C=O) groups excluding carboxylic acids is 2. The summed E-state index contributed by atoms with van der Waals surface area (Å²) in [5.74, 6) is 17.0. The number of nitrogens with two attached hydrogens (primary N) is 1. The van der Waals surface area contributed by atoms with Gasteiger partial charge in [-0.15, -0.1) is 0 Å². The molecule has 3 unspecified atom stereocenters. The highest BCUT2D eigenvalue weighted by Gasteiger charge is 2.39. The molecule has 3 saturated heterocycles. The number of hydrogen-bond acceptors (Lipinski definition) is 24. The fourth-order valence-electron chi connectivity index (χ4n) is 14.3. The lowest BCUT2D eigenvalue weighted by atomic mass is 9.90. The Morgan fingerprint density at radius 3 is 1.23 bits per heavy atom. The van der Waals surface area contributed by atoms with Crippen LogP contribution in [-0.4, -0.2) is 196 Å². The minimum absolute atomic E-state index is 0. The Bertz CT molecular complexity index is 5640. The van der Waals surface area contributed by atoms with Crippen molar-refractivity contribution in [2.45, 2.75) is 123 Å². The van der Waals surface area contributed by atoms with Gasteiger partial charge in [0, 0.05) is 106 Å². The molecule has 3 aliphatic heterocycles. The van der Waals surface area contributed by atoms with Crippen LogP contribution in [0.25, 0.3) is 64.6 Å². The maximum absolute atomic E-state index is 13.3. The summed E-state index contributed by atoms with van der Waals surface area (Å²) >= 11 is 0. The highest BCUT2D eigenvalue weighted by atomic mass is 16.6. The van der Waals surface area contributed by atoms with Gasteiger partial charge in [-0.2, -0.15) is 0 Å². The van der Waals surface area contributed by atoms with Crippen molar-refractivity contribution in [1.29, 1.82) is 16.2 Å². The minimum atomic E-state index is -0.492. The molecule has 602 valence electrons. The van der Waals surface area contributed by atoms with E-state index in [1.54, 1.807) is 42.7 Å². The van der Waals surface area contributed by atoms with E-state index >= 15 is 0 Å². The largest absolute Gasteiger partial charge is 0.382 e. The van der Waals surface area contributed by atoms with E-state index in [2.05, 4.69) is 159 Å². The summed E-state index contributed by atoms with van der Waals surface area (Å²) in [5.41, 5.74) is 5.14. The van der Waals surface area contributed by atoms with Gasteiger partial charge in [0.1, 0.15) is 88.3 Å². The van der Waals surface area contributed by atoms with Crippen molar-refractivity contribution in [2.24, 2.45) is 5.73 Å². The molecule has 13 N–H and O–H groups in total. The van der Waals surface area contributed by atoms with Crippen molar-refractivity contribution in [2.75, 3.05) is 98.1 Å². The number of carbonyl (C=O) groups is 2. The van der Waals surface area contributed by atoms with Crippen LogP contribution in [0.4, 0.5) is 17.5 Å². The summed E-state index contributed by atoms with van der Waals surface area (Å²) < 4.78 is 49.7. The number of aromatic amines is 3. The highest BCUT2D eigenvalue weighted by molar-refractivity contribution is 6.28. The van der Waals surface area contributed by atoms with Crippen molar-refractivity contribution in [1.82, 2.24) is 40.5 Å². The number of amides is 2. The zero-order chi connectivity index (χ0) is 78.8. The third-order valence-corrected chi connectivity index (χ3v) is 19.4. The van der Waals surface area contributed by atoms with Crippen molar-refractivity contribution in [3.05, 3.63) is 187 Å². The second kappa shape index (κ2) is 41.2. The molecule has 3 aromatic heterocycles. The lowest BCUT2D eigenvalue weighted by Gasteiger charge is -2.16.